The van der Waals surface area contributed by atoms with Crippen LogP contribution in [-0.4, -0.2) is 29.4 Å². The van der Waals surface area contributed by atoms with Gasteiger partial charge in [-0.05, 0) is 29.2 Å². The van der Waals surface area contributed by atoms with Gasteiger partial charge < -0.3 is 20.4 Å². The molecular weight excluding hydrogens is 352 g/mol. The first kappa shape index (κ1) is 18.1. The van der Waals surface area contributed by atoms with Gasteiger partial charge in [0.25, 0.3) is 0 Å². The number of Topliss-reactive ketones (excluding diaryl/α,β-unsaturated/α-hetero) is 1. The molecule has 0 saturated carbocycles. The van der Waals surface area contributed by atoms with E-state index in [4.69, 9.17) is 10.5 Å². The number of benzene rings is 2. The molecule has 2 heterocycles. The van der Waals surface area contributed by atoms with E-state index >= 15 is 0 Å². The summed E-state index contributed by atoms with van der Waals surface area (Å²) in [6.07, 6.45) is 0. The van der Waals surface area contributed by atoms with Gasteiger partial charge in [-0.25, -0.2) is 4.98 Å². The summed E-state index contributed by atoms with van der Waals surface area (Å²) in [5, 5.41) is 0. The number of carbonyl (C=O) groups is 1. The van der Waals surface area contributed by atoms with Crippen LogP contribution in [-0.2, 0) is 10.2 Å². The average molecular weight is 376 g/mol. The van der Waals surface area contributed by atoms with Crippen molar-refractivity contribution < 1.29 is 9.53 Å². The van der Waals surface area contributed by atoms with Gasteiger partial charge in [-0.1, -0.05) is 39.0 Å². The lowest BCUT2D eigenvalue weighted by atomic mass is 9.85. The van der Waals surface area contributed by atoms with Crippen LogP contribution in [0.4, 0.5) is 5.69 Å². The maximum absolute atomic E-state index is 12.9. The van der Waals surface area contributed by atoms with Crippen LogP contribution in [0.5, 0.6) is 5.75 Å². The van der Waals surface area contributed by atoms with Gasteiger partial charge in [-0.3, -0.25) is 4.79 Å². The SMILES string of the molecule is COc1ccc(C(C)(C)C)c(N2CC(=O)C(c3nc4ccccc4[nH]3)=C2N)c1. The van der Waals surface area contributed by atoms with Crippen molar-refractivity contribution in [2.75, 3.05) is 18.6 Å². The molecule has 0 bridgehead atoms. The highest BCUT2D eigenvalue weighted by atomic mass is 16.5. The van der Waals surface area contributed by atoms with Crippen LogP contribution in [0.25, 0.3) is 16.6 Å². The molecule has 0 amide bonds. The zero-order valence-corrected chi connectivity index (χ0v) is 16.5. The van der Waals surface area contributed by atoms with E-state index in [1.54, 1.807) is 7.11 Å². The molecule has 2 aromatic carbocycles. The van der Waals surface area contributed by atoms with Crippen LogP contribution in [0.1, 0.15) is 32.2 Å². The highest BCUT2D eigenvalue weighted by Crippen LogP contribution is 2.39. The summed E-state index contributed by atoms with van der Waals surface area (Å²) in [5.74, 6) is 1.58. The molecule has 0 radical (unpaired) electrons. The molecule has 4 rings (SSSR count). The van der Waals surface area contributed by atoms with Gasteiger partial charge in [-0.2, -0.15) is 0 Å². The number of ether oxygens (including phenoxy) is 1. The van der Waals surface area contributed by atoms with Crippen molar-refractivity contribution in [3.05, 3.63) is 59.7 Å². The lowest BCUT2D eigenvalue weighted by molar-refractivity contribution is -0.112. The molecule has 6 nitrogen and oxygen atoms in total. The van der Waals surface area contributed by atoms with Crippen molar-refractivity contribution in [1.29, 1.82) is 0 Å². The van der Waals surface area contributed by atoms with E-state index in [0.717, 1.165) is 28.0 Å². The number of carbonyl (C=O) groups excluding carboxylic acids is 1. The largest absolute Gasteiger partial charge is 0.497 e. The third-order valence-electron chi connectivity index (χ3n) is 5.06. The van der Waals surface area contributed by atoms with Crippen molar-refractivity contribution in [1.82, 2.24) is 9.97 Å². The standard InChI is InChI=1S/C22H24N4O2/c1-22(2,3)14-10-9-13(28-4)11-17(14)26-12-18(27)19(20(26)23)21-24-15-7-5-6-8-16(15)25-21/h5-11H,12,23H2,1-4H3,(H,24,25). The molecule has 3 N–H and O–H groups in total. The Morgan fingerprint density at radius 3 is 2.61 bits per heavy atom. The third kappa shape index (κ3) is 2.91. The van der Waals surface area contributed by atoms with Crippen LogP contribution in [0, 0.1) is 0 Å². The number of imidazole rings is 1. The number of nitrogens with one attached hydrogen (secondary N) is 1. The van der Waals surface area contributed by atoms with Gasteiger partial charge in [-0.15, -0.1) is 0 Å². The molecule has 28 heavy (non-hydrogen) atoms. The lowest BCUT2D eigenvalue weighted by Crippen LogP contribution is -2.28. The molecule has 0 atom stereocenters. The highest BCUT2D eigenvalue weighted by molar-refractivity contribution is 6.26. The van der Waals surface area contributed by atoms with Gasteiger partial charge in [0, 0.05) is 6.07 Å². The summed E-state index contributed by atoms with van der Waals surface area (Å²) in [6.45, 7) is 6.58. The van der Waals surface area contributed by atoms with Gasteiger partial charge in [0.05, 0.1) is 30.4 Å². The third-order valence-corrected chi connectivity index (χ3v) is 5.06. The number of nitrogens with two attached hydrogens (primary N) is 1. The molecule has 1 aliphatic rings. The van der Waals surface area contributed by atoms with Gasteiger partial charge in [0.1, 0.15) is 23.0 Å². The molecule has 1 aromatic heterocycles. The van der Waals surface area contributed by atoms with Crippen molar-refractivity contribution >= 4 is 28.1 Å². The Labute approximate surface area is 164 Å². The smallest absolute Gasteiger partial charge is 0.189 e. The monoisotopic (exact) mass is 376 g/mol. The number of H-pyrrole nitrogens is 1. The van der Waals surface area contributed by atoms with Crippen LogP contribution in [0.15, 0.2) is 48.3 Å². The van der Waals surface area contributed by atoms with Crippen molar-refractivity contribution in [2.24, 2.45) is 5.73 Å². The first-order valence-corrected chi connectivity index (χ1v) is 9.23. The van der Waals surface area contributed by atoms with Crippen molar-refractivity contribution in [3.8, 4) is 5.75 Å². The van der Waals surface area contributed by atoms with Crippen LogP contribution in [0.2, 0.25) is 0 Å². The zero-order chi connectivity index (χ0) is 20.1. The molecule has 0 saturated heterocycles. The molecule has 0 aliphatic carbocycles. The van der Waals surface area contributed by atoms with E-state index in [9.17, 15) is 4.79 Å². The number of para-hydroxylation sites is 2. The summed E-state index contributed by atoms with van der Waals surface area (Å²) in [5.41, 5.74) is 10.5. The summed E-state index contributed by atoms with van der Waals surface area (Å²) >= 11 is 0. The first-order chi connectivity index (χ1) is 13.3. The predicted octanol–water partition coefficient (Wildman–Crippen LogP) is 3.59. The highest BCUT2D eigenvalue weighted by Gasteiger charge is 2.34. The van der Waals surface area contributed by atoms with E-state index in [-0.39, 0.29) is 17.7 Å². The number of nitrogens with zero attached hydrogens (tertiary/aromatic N) is 2. The Morgan fingerprint density at radius 1 is 1.18 bits per heavy atom. The molecule has 0 fully saturated rings. The fourth-order valence-electron chi connectivity index (χ4n) is 3.62. The Hall–Kier alpha value is -3.28. The lowest BCUT2D eigenvalue weighted by Gasteiger charge is -2.29. The second kappa shape index (κ2) is 6.41. The minimum atomic E-state index is -0.118. The number of hydrogen-bond acceptors (Lipinski definition) is 5. The second-order valence-electron chi connectivity index (χ2n) is 8.01. The van der Waals surface area contributed by atoms with E-state index in [1.165, 1.54) is 0 Å². The van der Waals surface area contributed by atoms with E-state index < -0.39 is 0 Å². The summed E-state index contributed by atoms with van der Waals surface area (Å²) in [7, 11) is 1.63. The summed E-state index contributed by atoms with van der Waals surface area (Å²) in [6, 6.07) is 13.6. The molecule has 6 heteroatoms. The normalized spacial score (nSPS) is 15.0. The topological polar surface area (TPSA) is 84.2 Å². The fraction of sp³-hybridized carbons (Fsp3) is 0.273. The van der Waals surface area contributed by atoms with Gasteiger partial charge >= 0.3 is 0 Å². The minimum Gasteiger partial charge on any atom is -0.497 e. The molecular formula is C22H24N4O2. The number of anilines is 1. The molecule has 3 aromatic rings. The average Bonchev–Trinajstić information content (AvgIpc) is 3.20. The number of aromatic nitrogens is 2. The number of ketones is 1. The van der Waals surface area contributed by atoms with Crippen LogP contribution >= 0.6 is 0 Å². The molecule has 0 unspecified atom stereocenters. The van der Waals surface area contributed by atoms with Gasteiger partial charge in [0.2, 0.25) is 0 Å². The number of rotatable bonds is 3. The van der Waals surface area contributed by atoms with E-state index in [0.29, 0.717) is 17.2 Å². The molecule has 0 spiro atoms. The minimum absolute atomic E-state index is 0.0563. The second-order valence-corrected chi connectivity index (χ2v) is 8.01. The number of fused-ring (bicyclic) bond motifs is 1. The summed E-state index contributed by atoms with van der Waals surface area (Å²) in [4.78, 5) is 22.5. The number of hydrogen-bond donors (Lipinski definition) is 2. The van der Waals surface area contributed by atoms with Crippen molar-refractivity contribution in [3.63, 3.8) is 0 Å². The Kier molecular flexibility index (Phi) is 4.14. The van der Waals surface area contributed by atoms with E-state index in [2.05, 4.69) is 30.7 Å². The fourth-order valence-corrected chi connectivity index (χ4v) is 3.62. The Balaban J connectivity index is 1.85. The molecule has 144 valence electrons. The quantitative estimate of drug-likeness (QED) is 0.730. The van der Waals surface area contributed by atoms with Crippen LogP contribution < -0.4 is 15.4 Å². The number of methoxy groups -OCH3 is 1. The summed E-state index contributed by atoms with van der Waals surface area (Å²) < 4.78 is 5.41. The van der Waals surface area contributed by atoms with Crippen molar-refractivity contribution in [2.45, 2.75) is 26.2 Å². The van der Waals surface area contributed by atoms with E-state index in [1.807, 2.05) is 47.4 Å². The van der Waals surface area contributed by atoms with Gasteiger partial charge in [0.15, 0.2) is 5.78 Å². The van der Waals surface area contributed by atoms with Crippen LogP contribution in [0.3, 0.4) is 0 Å². The Bertz CT molecular complexity index is 1070. The first-order valence-electron chi connectivity index (χ1n) is 9.23. The number of aromatic amines is 1. The molecule has 1 aliphatic heterocycles. The maximum Gasteiger partial charge on any atom is 0.189 e. The zero-order valence-electron chi connectivity index (χ0n) is 16.5. The Morgan fingerprint density at radius 2 is 1.93 bits per heavy atom. The predicted molar refractivity (Wildman–Crippen MR) is 111 cm³/mol. The maximum atomic E-state index is 12.9.